The van der Waals surface area contributed by atoms with Crippen molar-refractivity contribution in [3.8, 4) is 6.19 Å². The lowest BCUT2D eigenvalue weighted by Gasteiger charge is -2.39. The van der Waals surface area contributed by atoms with Gasteiger partial charge in [-0.2, -0.15) is 5.26 Å². The maximum Gasteiger partial charge on any atom is 0.213 e. The lowest BCUT2D eigenvalue weighted by molar-refractivity contribution is -0.188. The fourth-order valence-electron chi connectivity index (χ4n) is 7.55. The maximum atomic E-state index is 10.6. The minimum absolute atomic E-state index is 0.0615. The van der Waals surface area contributed by atoms with E-state index in [0.29, 0.717) is 45.1 Å². The molecule has 12 heteroatoms. The van der Waals surface area contributed by atoms with Crippen LogP contribution < -0.4 is 0 Å². The molecule has 1 fully saturated rings. The predicted molar refractivity (Wildman–Crippen MR) is 244 cm³/mol. The van der Waals surface area contributed by atoms with Crippen molar-refractivity contribution in [3.63, 3.8) is 0 Å². The van der Waals surface area contributed by atoms with E-state index in [1.807, 2.05) is 84.9 Å². The van der Waals surface area contributed by atoms with E-state index in [1.165, 1.54) is 0 Å². The van der Waals surface area contributed by atoms with Crippen LogP contribution >= 0.6 is 0 Å². The average molecular weight is 851 g/mol. The van der Waals surface area contributed by atoms with Crippen molar-refractivity contribution in [2.24, 2.45) is 4.99 Å². The van der Waals surface area contributed by atoms with Gasteiger partial charge in [-0.1, -0.05) is 148 Å². The number of aliphatic hydroxyl groups excluding tert-OH is 2. The van der Waals surface area contributed by atoms with Gasteiger partial charge in [0.15, 0.2) is 0 Å². The van der Waals surface area contributed by atoms with Crippen LogP contribution in [0.5, 0.6) is 0 Å². The lowest BCUT2D eigenvalue weighted by Crippen LogP contribution is -2.53. The number of hydrogen-bond acceptors (Lipinski definition) is 8. The van der Waals surface area contributed by atoms with Gasteiger partial charge in [0.2, 0.25) is 12.2 Å². The van der Waals surface area contributed by atoms with E-state index in [-0.39, 0.29) is 26.8 Å². The third-order valence-corrected chi connectivity index (χ3v) is 14.3. The van der Waals surface area contributed by atoms with Crippen molar-refractivity contribution in [3.05, 3.63) is 143 Å². The first-order valence-corrected chi connectivity index (χ1v) is 28.6. The Morgan fingerprint density at radius 1 is 0.567 bits per heavy atom. The number of nitriles is 1. The highest BCUT2D eigenvalue weighted by atomic mass is 28.3. The molecule has 0 amide bonds. The number of rotatable bonds is 22. The Morgan fingerprint density at radius 2 is 0.950 bits per heavy atom. The van der Waals surface area contributed by atoms with E-state index in [4.69, 9.17) is 23.9 Å². The highest BCUT2D eigenvalue weighted by molar-refractivity contribution is 6.76. The van der Waals surface area contributed by atoms with Gasteiger partial charge in [-0.05, 0) is 58.3 Å². The summed E-state index contributed by atoms with van der Waals surface area (Å²) < 4.78 is 26.7. The molecule has 10 nitrogen and oxygen atoms in total. The quantitative estimate of drug-likeness (QED) is 0.0348. The topological polar surface area (TPSA) is 120 Å². The average Bonchev–Trinajstić information content (AvgIpc) is 3.30. The van der Waals surface area contributed by atoms with Crippen LogP contribution in [0.2, 0.25) is 51.4 Å². The molecule has 322 valence electrons. The minimum atomic E-state index is -1.37. The summed E-state index contributed by atoms with van der Waals surface area (Å²) in [7, 11) is -2.75. The Bertz CT molecular complexity index is 1820. The van der Waals surface area contributed by atoms with Gasteiger partial charge in [0.1, 0.15) is 25.8 Å². The smallest absolute Gasteiger partial charge is 0.213 e. The zero-order valence-corrected chi connectivity index (χ0v) is 38.5. The fraction of sp³-hybridized carbons (Fsp3) is 0.458. The molecule has 5 rings (SSSR count). The molecule has 0 radical (unpaired) electrons. The van der Waals surface area contributed by atoms with Gasteiger partial charge in [-0.15, -0.1) is 4.99 Å². The number of aliphatic hydroxyl groups is 2. The number of ether oxygens (including phenoxy) is 4. The summed E-state index contributed by atoms with van der Waals surface area (Å²) in [6.07, 6.45) is 2.10. The molecule has 1 saturated heterocycles. The van der Waals surface area contributed by atoms with Gasteiger partial charge < -0.3 is 39.0 Å². The molecule has 2 N–H and O–H groups in total. The van der Waals surface area contributed by atoms with Crippen molar-refractivity contribution in [2.75, 3.05) is 26.8 Å². The van der Waals surface area contributed by atoms with E-state index in [1.54, 1.807) is 0 Å². The molecule has 0 aliphatic carbocycles. The summed E-state index contributed by atoms with van der Waals surface area (Å²) in [4.78, 5) is 9.12. The van der Waals surface area contributed by atoms with E-state index >= 15 is 0 Å². The van der Waals surface area contributed by atoms with Crippen LogP contribution in [-0.2, 0) is 58.1 Å². The third kappa shape index (κ3) is 14.8. The molecule has 4 aromatic rings. The van der Waals surface area contributed by atoms with Crippen LogP contribution in [0.4, 0.5) is 0 Å². The van der Waals surface area contributed by atoms with Gasteiger partial charge in [-0.3, -0.25) is 0 Å². The Hall–Kier alpha value is -4.17. The molecular formula is C48H66N4O6Si2. The Labute approximate surface area is 360 Å². The first-order chi connectivity index (χ1) is 28.9. The fourth-order valence-corrected chi connectivity index (χ4v) is 9.07. The Balaban J connectivity index is 1.73. The third-order valence-electron chi connectivity index (χ3n) is 10.9. The molecule has 1 aliphatic heterocycles. The number of hydrogen-bond donors (Lipinski definition) is 2. The van der Waals surface area contributed by atoms with Crippen LogP contribution in [0.3, 0.4) is 0 Å². The molecule has 4 atom stereocenters. The Morgan fingerprint density at radius 3 is 1.32 bits per heavy atom. The van der Waals surface area contributed by atoms with Gasteiger partial charge in [0.25, 0.3) is 0 Å². The molecule has 0 bridgehead atoms. The van der Waals surface area contributed by atoms with Crippen LogP contribution in [-0.4, -0.2) is 93.2 Å². The standard InChI is InChI=1S/C48H66N4O6Si2/c1-59(2,3)25-23-55-36-57-46-44(29-38-15-9-7-10-16-38)51(31-40-19-13-21-42(27-40)33-53)48(50-35-49)52(32-41-20-14-22-43(28-41)34-54)45(30-39-17-11-8-12-18-39)47(46)58-37-56-24-26-60(4,5)6/h7-22,27-28,44-47,53-54H,23-26,29-34,36-37H2,1-6H3/t44-,45-,46+,47+/m1/s1. The van der Waals surface area contributed by atoms with Crippen LogP contribution in [0.25, 0.3) is 0 Å². The molecule has 0 aromatic heterocycles. The summed E-state index contributed by atoms with van der Waals surface area (Å²) in [6, 6.07) is 37.7. The molecule has 1 heterocycles. The monoisotopic (exact) mass is 850 g/mol. The molecule has 0 saturated carbocycles. The van der Waals surface area contributed by atoms with Crippen molar-refractivity contribution >= 4 is 22.1 Å². The summed E-state index contributed by atoms with van der Waals surface area (Å²) in [5.74, 6) is 0.488. The minimum Gasteiger partial charge on any atom is -0.392 e. The van der Waals surface area contributed by atoms with Crippen LogP contribution in [0.1, 0.15) is 33.4 Å². The highest BCUT2D eigenvalue weighted by Crippen LogP contribution is 2.34. The predicted octanol–water partition coefficient (Wildman–Crippen LogP) is 8.44. The second-order valence-corrected chi connectivity index (χ2v) is 29.4. The summed E-state index contributed by atoms with van der Waals surface area (Å²) in [5, 5.41) is 31.0. The molecule has 60 heavy (non-hydrogen) atoms. The summed E-state index contributed by atoms with van der Waals surface area (Å²) in [5.41, 5.74) is 5.67. The molecule has 1 aliphatic rings. The zero-order chi connectivity index (χ0) is 43.0. The van der Waals surface area contributed by atoms with Crippen molar-refractivity contribution in [1.82, 2.24) is 9.80 Å². The van der Waals surface area contributed by atoms with Crippen molar-refractivity contribution in [1.29, 1.82) is 5.26 Å². The first-order valence-electron chi connectivity index (χ1n) is 21.2. The Kier molecular flexibility index (Phi) is 18.1. The van der Waals surface area contributed by atoms with Crippen molar-refractivity contribution < 1.29 is 29.2 Å². The van der Waals surface area contributed by atoms with E-state index in [9.17, 15) is 15.5 Å². The van der Waals surface area contributed by atoms with Crippen LogP contribution in [0.15, 0.2) is 114 Å². The second-order valence-electron chi connectivity index (χ2n) is 18.2. The van der Waals surface area contributed by atoms with Gasteiger partial charge in [0.05, 0.1) is 25.3 Å². The molecule has 0 spiro atoms. The van der Waals surface area contributed by atoms with Crippen molar-refractivity contribution in [2.45, 2.75) is 115 Å². The molecule has 0 unspecified atom stereocenters. The zero-order valence-electron chi connectivity index (χ0n) is 36.5. The lowest BCUT2D eigenvalue weighted by atomic mass is 9.90. The normalized spacial score (nSPS) is 18.6. The maximum absolute atomic E-state index is 10.6. The van der Waals surface area contributed by atoms with E-state index < -0.39 is 40.4 Å². The molecular weight excluding hydrogens is 785 g/mol. The highest BCUT2D eigenvalue weighted by Gasteiger charge is 2.48. The van der Waals surface area contributed by atoms with E-state index in [2.05, 4.69) is 79.5 Å². The number of aliphatic imine (C=N–C) groups is 1. The SMILES string of the molecule is C[Si](C)(C)CCOCO[C@@H]1[C@@H](OCOCC[Si](C)(C)C)[C@@H](Cc2ccccc2)N(Cc2cccc(CO)c2)C(=NC#N)N(Cc2cccc(CO)c2)[C@@H]1Cc1ccccc1. The number of benzene rings is 4. The first kappa shape index (κ1) is 46.9. The second kappa shape index (κ2) is 23.2. The summed E-state index contributed by atoms with van der Waals surface area (Å²) in [6.45, 7) is 15.9. The van der Waals surface area contributed by atoms with Crippen LogP contribution in [0, 0.1) is 11.5 Å². The number of nitrogens with zero attached hydrogens (tertiary/aromatic N) is 4. The van der Waals surface area contributed by atoms with Gasteiger partial charge >= 0.3 is 0 Å². The molecule has 4 aromatic carbocycles. The van der Waals surface area contributed by atoms with Gasteiger partial charge in [0, 0.05) is 42.5 Å². The van der Waals surface area contributed by atoms with Gasteiger partial charge in [-0.25, -0.2) is 0 Å². The largest absolute Gasteiger partial charge is 0.392 e. The van der Waals surface area contributed by atoms with E-state index in [0.717, 1.165) is 45.5 Å². The summed E-state index contributed by atoms with van der Waals surface area (Å²) >= 11 is 0. The number of guanidine groups is 1.